The zero-order chi connectivity index (χ0) is 16.2. The van der Waals surface area contributed by atoms with Gasteiger partial charge in [0.05, 0.1) is 0 Å². The number of carbonyl (C=O) groups excluding carboxylic acids is 1. The lowest BCUT2D eigenvalue weighted by molar-refractivity contribution is -0.147. The predicted octanol–water partition coefficient (Wildman–Crippen LogP) is 4.46. The molecular formula is C17H12BrFO4. The summed E-state index contributed by atoms with van der Waals surface area (Å²) in [6, 6.07) is 13.6. The van der Waals surface area contributed by atoms with Crippen molar-refractivity contribution in [3.05, 3.63) is 64.6 Å². The molecule has 0 spiro atoms. The highest BCUT2D eigenvalue weighted by Crippen LogP contribution is 2.22. The predicted molar refractivity (Wildman–Crippen MR) is 85.6 cm³/mol. The summed E-state index contributed by atoms with van der Waals surface area (Å²) in [7, 11) is 0. The molecule has 0 N–H and O–H groups in total. The Kier molecular flexibility index (Phi) is 4.62. The van der Waals surface area contributed by atoms with Crippen molar-refractivity contribution >= 4 is 32.9 Å². The van der Waals surface area contributed by atoms with Crippen molar-refractivity contribution in [1.82, 2.24) is 0 Å². The van der Waals surface area contributed by atoms with E-state index in [1.54, 1.807) is 12.1 Å². The van der Waals surface area contributed by atoms with Crippen molar-refractivity contribution in [2.75, 3.05) is 6.61 Å². The zero-order valence-corrected chi connectivity index (χ0v) is 13.5. The largest absolute Gasteiger partial charge is 0.479 e. The summed E-state index contributed by atoms with van der Waals surface area (Å²) in [5.74, 6) is -0.625. The first-order chi connectivity index (χ1) is 11.1. The van der Waals surface area contributed by atoms with Crippen LogP contribution in [0.2, 0.25) is 0 Å². The minimum absolute atomic E-state index is 0.000304. The number of rotatable bonds is 5. The van der Waals surface area contributed by atoms with Gasteiger partial charge in [-0.1, -0.05) is 34.1 Å². The van der Waals surface area contributed by atoms with Crippen molar-refractivity contribution in [3.8, 4) is 5.75 Å². The molecule has 118 valence electrons. The Morgan fingerprint density at radius 2 is 2.00 bits per heavy atom. The first-order valence-corrected chi connectivity index (χ1v) is 7.62. The Balaban J connectivity index is 1.53. The second-order valence-electron chi connectivity index (χ2n) is 4.77. The summed E-state index contributed by atoms with van der Waals surface area (Å²) in [5.41, 5.74) is 0.728. The fourth-order valence-corrected chi connectivity index (χ4v) is 2.36. The maximum atomic E-state index is 13.5. The molecule has 3 aromatic rings. The molecule has 0 saturated carbocycles. The SMILES string of the molecule is O=C(COc1ccc(Br)cc1F)OCc1cc2ccccc2o1. The third-order valence-corrected chi connectivity index (χ3v) is 3.58. The van der Waals surface area contributed by atoms with Crippen LogP contribution >= 0.6 is 15.9 Å². The van der Waals surface area contributed by atoms with Crippen molar-refractivity contribution in [2.45, 2.75) is 6.61 Å². The van der Waals surface area contributed by atoms with Gasteiger partial charge in [0.25, 0.3) is 0 Å². The summed E-state index contributed by atoms with van der Waals surface area (Å²) in [5, 5.41) is 0.937. The first-order valence-electron chi connectivity index (χ1n) is 6.83. The zero-order valence-electron chi connectivity index (χ0n) is 11.9. The minimum Gasteiger partial charge on any atom is -0.479 e. The fraction of sp³-hybridized carbons (Fsp3) is 0.118. The molecule has 2 aromatic carbocycles. The molecule has 4 nitrogen and oxygen atoms in total. The molecule has 1 aromatic heterocycles. The number of hydrogen-bond acceptors (Lipinski definition) is 4. The van der Waals surface area contributed by atoms with Crippen LogP contribution in [-0.2, 0) is 16.1 Å². The molecule has 0 unspecified atom stereocenters. The maximum absolute atomic E-state index is 13.5. The highest BCUT2D eigenvalue weighted by atomic mass is 79.9. The number of furan rings is 1. The molecule has 0 fully saturated rings. The van der Waals surface area contributed by atoms with Crippen molar-refractivity contribution in [3.63, 3.8) is 0 Å². The van der Waals surface area contributed by atoms with Crippen LogP contribution in [0, 0.1) is 5.82 Å². The van der Waals surface area contributed by atoms with Crippen LogP contribution in [-0.4, -0.2) is 12.6 Å². The smallest absolute Gasteiger partial charge is 0.344 e. The lowest BCUT2D eigenvalue weighted by atomic mass is 10.2. The molecule has 0 bridgehead atoms. The van der Waals surface area contributed by atoms with Gasteiger partial charge < -0.3 is 13.9 Å². The standard InChI is InChI=1S/C17H12BrFO4/c18-12-5-6-16(14(19)8-12)21-10-17(20)22-9-13-7-11-3-1-2-4-15(11)23-13/h1-8H,9-10H2. The van der Waals surface area contributed by atoms with Gasteiger partial charge in [0.1, 0.15) is 18.0 Å². The number of ether oxygens (including phenoxy) is 2. The molecule has 6 heteroatoms. The quantitative estimate of drug-likeness (QED) is 0.615. The van der Waals surface area contributed by atoms with E-state index in [1.165, 1.54) is 12.1 Å². The summed E-state index contributed by atoms with van der Waals surface area (Å²) >= 11 is 3.14. The van der Waals surface area contributed by atoms with Gasteiger partial charge in [-0.05, 0) is 30.3 Å². The van der Waals surface area contributed by atoms with E-state index < -0.39 is 11.8 Å². The Morgan fingerprint density at radius 3 is 2.78 bits per heavy atom. The average molecular weight is 379 g/mol. The van der Waals surface area contributed by atoms with Crippen LogP contribution in [0.1, 0.15) is 5.76 Å². The van der Waals surface area contributed by atoms with Crippen molar-refractivity contribution in [2.24, 2.45) is 0 Å². The molecule has 0 aliphatic carbocycles. The molecule has 0 radical (unpaired) electrons. The molecule has 0 amide bonds. The number of hydrogen-bond donors (Lipinski definition) is 0. The second kappa shape index (κ2) is 6.83. The second-order valence-corrected chi connectivity index (χ2v) is 5.69. The topological polar surface area (TPSA) is 48.7 Å². The van der Waals surface area contributed by atoms with Crippen LogP contribution in [0.25, 0.3) is 11.0 Å². The fourth-order valence-electron chi connectivity index (χ4n) is 2.03. The van der Waals surface area contributed by atoms with E-state index >= 15 is 0 Å². The molecule has 0 saturated heterocycles. The highest BCUT2D eigenvalue weighted by molar-refractivity contribution is 9.10. The third kappa shape index (κ3) is 3.90. The monoisotopic (exact) mass is 378 g/mol. The van der Waals surface area contributed by atoms with E-state index in [4.69, 9.17) is 13.9 Å². The van der Waals surface area contributed by atoms with Gasteiger partial charge in [-0.25, -0.2) is 9.18 Å². The number of fused-ring (bicyclic) bond motifs is 1. The molecule has 1 heterocycles. The number of para-hydroxylation sites is 1. The van der Waals surface area contributed by atoms with Gasteiger partial charge in [0, 0.05) is 9.86 Å². The number of esters is 1. The van der Waals surface area contributed by atoms with Gasteiger partial charge in [-0.2, -0.15) is 0 Å². The minimum atomic E-state index is -0.604. The van der Waals surface area contributed by atoms with Crippen LogP contribution < -0.4 is 4.74 Å². The first kappa shape index (κ1) is 15.6. The van der Waals surface area contributed by atoms with Crippen LogP contribution in [0.5, 0.6) is 5.75 Å². The normalized spacial score (nSPS) is 10.7. The molecule has 0 aliphatic rings. The van der Waals surface area contributed by atoms with E-state index in [0.717, 1.165) is 11.0 Å². The maximum Gasteiger partial charge on any atom is 0.344 e. The van der Waals surface area contributed by atoms with Gasteiger partial charge in [0.2, 0.25) is 0 Å². The van der Waals surface area contributed by atoms with Gasteiger partial charge in [-0.15, -0.1) is 0 Å². The lowest BCUT2D eigenvalue weighted by Crippen LogP contribution is -2.15. The van der Waals surface area contributed by atoms with E-state index in [2.05, 4.69) is 15.9 Å². The van der Waals surface area contributed by atoms with E-state index in [-0.39, 0.29) is 19.0 Å². The highest BCUT2D eigenvalue weighted by Gasteiger charge is 2.10. The Hall–Kier alpha value is -2.34. The van der Waals surface area contributed by atoms with Gasteiger partial charge in [-0.3, -0.25) is 0 Å². The Labute approximate surface area is 139 Å². The van der Waals surface area contributed by atoms with Crippen molar-refractivity contribution < 1.29 is 23.1 Å². The van der Waals surface area contributed by atoms with Crippen molar-refractivity contribution in [1.29, 1.82) is 0 Å². The number of benzene rings is 2. The summed E-state index contributed by atoms with van der Waals surface area (Å²) in [6.45, 7) is -0.377. The van der Waals surface area contributed by atoms with Crippen LogP contribution in [0.3, 0.4) is 0 Å². The van der Waals surface area contributed by atoms with Crippen LogP contribution in [0.4, 0.5) is 4.39 Å². The van der Waals surface area contributed by atoms with E-state index in [9.17, 15) is 9.18 Å². The molecule has 0 aliphatic heterocycles. The third-order valence-electron chi connectivity index (χ3n) is 3.09. The molecule has 23 heavy (non-hydrogen) atoms. The number of halogens is 2. The summed E-state index contributed by atoms with van der Waals surface area (Å²) < 4.78 is 29.8. The summed E-state index contributed by atoms with van der Waals surface area (Å²) in [4.78, 5) is 11.7. The molecule has 3 rings (SSSR count). The lowest BCUT2D eigenvalue weighted by Gasteiger charge is -2.07. The van der Waals surface area contributed by atoms with Gasteiger partial charge >= 0.3 is 5.97 Å². The Bertz CT molecular complexity index is 810. The van der Waals surface area contributed by atoms with E-state index in [1.807, 2.05) is 24.3 Å². The number of carbonyl (C=O) groups is 1. The van der Waals surface area contributed by atoms with E-state index in [0.29, 0.717) is 10.2 Å². The Morgan fingerprint density at radius 1 is 1.17 bits per heavy atom. The summed E-state index contributed by atoms with van der Waals surface area (Å²) in [6.07, 6.45) is 0. The van der Waals surface area contributed by atoms with Gasteiger partial charge in [0.15, 0.2) is 18.2 Å². The average Bonchev–Trinajstić information content (AvgIpc) is 2.95. The molecule has 0 atom stereocenters. The van der Waals surface area contributed by atoms with Crippen LogP contribution in [0.15, 0.2) is 57.4 Å². The molecular weight excluding hydrogens is 367 g/mol.